The first-order valence-electron chi connectivity index (χ1n) is 11.0. The van der Waals surface area contributed by atoms with Crippen molar-refractivity contribution in [3.8, 4) is 0 Å². The Morgan fingerprint density at radius 2 is 1.94 bits per heavy atom. The summed E-state index contributed by atoms with van der Waals surface area (Å²) in [7, 11) is -1.90. The number of likely N-dealkylation sites (N-methyl/N-ethyl adjacent to an activating group) is 1. The molecule has 13 heteroatoms. The first-order chi connectivity index (χ1) is 16.7. The van der Waals surface area contributed by atoms with Gasteiger partial charge in [-0.15, -0.1) is 5.10 Å². The maximum atomic E-state index is 14.8. The smallest absolute Gasteiger partial charge is 0.233 e. The minimum atomic E-state index is -3.45. The van der Waals surface area contributed by atoms with E-state index < -0.39 is 26.5 Å². The Kier molecular flexibility index (Phi) is 6.55. The third-order valence-electron chi connectivity index (χ3n) is 6.05. The summed E-state index contributed by atoms with van der Waals surface area (Å²) < 4.78 is 55.0. The van der Waals surface area contributed by atoms with Crippen LogP contribution in [0.2, 0.25) is 0 Å². The van der Waals surface area contributed by atoms with Crippen LogP contribution in [-0.4, -0.2) is 64.3 Å². The molecule has 0 amide bonds. The van der Waals surface area contributed by atoms with Crippen molar-refractivity contribution in [3.63, 3.8) is 0 Å². The third kappa shape index (κ3) is 4.44. The Morgan fingerprint density at radius 1 is 1.17 bits per heavy atom. The molecule has 2 aromatic rings. The number of sulfonamides is 1. The summed E-state index contributed by atoms with van der Waals surface area (Å²) in [6, 6.07) is 12.9. The highest BCUT2D eigenvalue weighted by atomic mass is 32.2. The number of hydrogen-bond donors (Lipinski definition) is 1. The summed E-state index contributed by atoms with van der Waals surface area (Å²) >= 11 is 2.74. The zero-order valence-electron chi connectivity index (χ0n) is 18.8. The highest BCUT2D eigenvalue weighted by Gasteiger charge is 2.51. The fourth-order valence-corrected chi connectivity index (χ4v) is 8.24. The number of benzene rings is 2. The van der Waals surface area contributed by atoms with E-state index in [1.165, 1.54) is 27.8 Å². The van der Waals surface area contributed by atoms with E-state index in [0.717, 1.165) is 23.8 Å². The molecule has 186 valence electrons. The number of halogens is 2. The average Bonchev–Trinajstić information content (AvgIpc) is 3.41. The second-order valence-corrected chi connectivity index (χ2v) is 12.9. The first-order valence-corrected chi connectivity index (χ1v) is 14.3. The Bertz CT molecular complexity index is 1290. The van der Waals surface area contributed by atoms with Gasteiger partial charge < -0.3 is 5.73 Å². The van der Waals surface area contributed by atoms with Gasteiger partial charge in [0.25, 0.3) is 0 Å². The quantitative estimate of drug-likeness (QED) is 0.625. The highest BCUT2D eigenvalue weighted by Crippen LogP contribution is 2.52. The first kappa shape index (κ1) is 24.5. The van der Waals surface area contributed by atoms with Crippen molar-refractivity contribution >= 4 is 43.8 Å². The van der Waals surface area contributed by atoms with Gasteiger partial charge in [0.2, 0.25) is 15.2 Å². The summed E-state index contributed by atoms with van der Waals surface area (Å²) in [4.78, 5) is -0.819. The van der Waals surface area contributed by atoms with Gasteiger partial charge in [-0.1, -0.05) is 53.9 Å². The molecular weight excluding hydrogens is 514 g/mol. The zero-order valence-corrected chi connectivity index (χ0v) is 21.3. The molecule has 0 aromatic heterocycles. The lowest BCUT2D eigenvalue weighted by molar-refractivity contribution is 0.242. The lowest BCUT2D eigenvalue weighted by atomic mass is 10.0. The van der Waals surface area contributed by atoms with Crippen molar-refractivity contribution in [2.24, 2.45) is 15.9 Å². The molecule has 0 radical (unpaired) electrons. The van der Waals surface area contributed by atoms with Crippen LogP contribution in [0, 0.1) is 11.6 Å². The van der Waals surface area contributed by atoms with Gasteiger partial charge in [-0.25, -0.2) is 26.5 Å². The van der Waals surface area contributed by atoms with Crippen LogP contribution < -0.4 is 5.73 Å². The van der Waals surface area contributed by atoms with E-state index in [4.69, 9.17) is 10.8 Å². The summed E-state index contributed by atoms with van der Waals surface area (Å²) in [5, 5.41) is 13.3. The van der Waals surface area contributed by atoms with Gasteiger partial charge in [-0.05, 0) is 43.1 Å². The van der Waals surface area contributed by atoms with Gasteiger partial charge in [0, 0.05) is 19.2 Å². The minimum absolute atomic E-state index is 0.0641. The van der Waals surface area contributed by atoms with E-state index >= 15 is 0 Å². The SMILES string of the molecule is CN1CC2SC(N3N=C(c4cc(F)ccc4F)SC3(CCCN)c3ccccc3)=NN2CS1(=O)=O. The molecule has 0 bridgehead atoms. The van der Waals surface area contributed by atoms with Crippen molar-refractivity contribution in [2.75, 3.05) is 26.0 Å². The van der Waals surface area contributed by atoms with Gasteiger partial charge in [0.1, 0.15) is 26.9 Å². The van der Waals surface area contributed by atoms with Gasteiger partial charge in [0.05, 0.1) is 0 Å². The molecule has 3 heterocycles. The predicted molar refractivity (Wildman–Crippen MR) is 136 cm³/mol. The van der Waals surface area contributed by atoms with E-state index in [-0.39, 0.29) is 23.4 Å². The van der Waals surface area contributed by atoms with Gasteiger partial charge >= 0.3 is 0 Å². The van der Waals surface area contributed by atoms with Crippen LogP contribution in [0.5, 0.6) is 0 Å². The Labute approximate surface area is 211 Å². The van der Waals surface area contributed by atoms with Gasteiger partial charge in [0.15, 0.2) is 5.88 Å². The van der Waals surface area contributed by atoms with Crippen LogP contribution in [0.1, 0.15) is 24.0 Å². The third-order valence-corrected chi connectivity index (χ3v) is 10.3. The molecule has 8 nitrogen and oxygen atoms in total. The van der Waals surface area contributed by atoms with E-state index in [1.807, 2.05) is 30.3 Å². The van der Waals surface area contributed by atoms with Crippen molar-refractivity contribution in [3.05, 3.63) is 71.3 Å². The Hall–Kier alpha value is -2.19. The number of fused-ring (bicyclic) bond motifs is 1. The van der Waals surface area contributed by atoms with E-state index in [0.29, 0.717) is 29.6 Å². The maximum Gasteiger partial charge on any atom is 0.233 e. The van der Waals surface area contributed by atoms with E-state index in [9.17, 15) is 17.2 Å². The average molecular weight is 539 g/mol. The summed E-state index contributed by atoms with van der Waals surface area (Å²) in [5.41, 5.74) is 6.86. The molecule has 2 unspecified atom stereocenters. The molecule has 5 rings (SSSR count). The highest BCUT2D eigenvalue weighted by molar-refractivity contribution is 8.16. The molecule has 0 spiro atoms. The lowest BCUT2D eigenvalue weighted by Gasteiger charge is -2.36. The van der Waals surface area contributed by atoms with Crippen LogP contribution in [0.4, 0.5) is 8.78 Å². The van der Waals surface area contributed by atoms with Crippen LogP contribution in [0.15, 0.2) is 58.7 Å². The molecule has 2 atom stereocenters. The van der Waals surface area contributed by atoms with Crippen LogP contribution in [-0.2, 0) is 14.9 Å². The van der Waals surface area contributed by atoms with Gasteiger partial charge in [-0.3, -0.25) is 5.01 Å². The van der Waals surface area contributed by atoms with Crippen LogP contribution in [0.25, 0.3) is 0 Å². The molecule has 3 aliphatic heterocycles. The van der Waals surface area contributed by atoms with E-state index in [2.05, 4.69) is 5.10 Å². The number of rotatable bonds is 5. The van der Waals surface area contributed by atoms with Gasteiger partial charge in [-0.2, -0.15) is 5.10 Å². The molecule has 2 aromatic carbocycles. The number of nitrogens with two attached hydrogens (primary N) is 1. The molecule has 2 N–H and O–H groups in total. The monoisotopic (exact) mass is 538 g/mol. The maximum absolute atomic E-state index is 14.8. The number of thioether (sulfide) groups is 2. The Morgan fingerprint density at radius 3 is 2.69 bits per heavy atom. The normalized spacial score (nSPS) is 26.0. The van der Waals surface area contributed by atoms with Crippen molar-refractivity contribution in [2.45, 2.75) is 23.1 Å². The molecule has 0 saturated carbocycles. The molecular formula is C22H24F2N6O2S3. The Balaban J connectivity index is 1.62. The summed E-state index contributed by atoms with van der Waals surface area (Å²) in [5.74, 6) is -1.37. The number of hydrazone groups is 2. The zero-order chi connectivity index (χ0) is 24.8. The van der Waals surface area contributed by atoms with E-state index in [1.54, 1.807) is 17.1 Å². The molecule has 3 aliphatic rings. The molecule has 35 heavy (non-hydrogen) atoms. The second kappa shape index (κ2) is 9.36. The predicted octanol–water partition coefficient (Wildman–Crippen LogP) is 3.15. The fraction of sp³-hybridized carbons (Fsp3) is 0.364. The van der Waals surface area contributed by atoms with Crippen LogP contribution in [0.3, 0.4) is 0 Å². The largest absolute Gasteiger partial charge is 0.330 e. The minimum Gasteiger partial charge on any atom is -0.330 e. The summed E-state index contributed by atoms with van der Waals surface area (Å²) in [6.07, 6.45) is 1.21. The fourth-order valence-electron chi connectivity index (χ4n) is 4.20. The molecule has 1 fully saturated rings. The molecule has 0 aliphatic carbocycles. The lowest BCUT2D eigenvalue weighted by Crippen LogP contribution is -2.49. The number of hydrogen-bond acceptors (Lipinski definition) is 9. The van der Waals surface area contributed by atoms with Crippen molar-refractivity contribution < 1.29 is 17.2 Å². The topological polar surface area (TPSA) is 94.6 Å². The summed E-state index contributed by atoms with van der Waals surface area (Å²) in [6.45, 7) is 0.710. The number of amidine groups is 1. The van der Waals surface area contributed by atoms with Crippen LogP contribution >= 0.6 is 23.5 Å². The second-order valence-electron chi connectivity index (χ2n) is 8.40. The number of nitrogens with zero attached hydrogens (tertiary/aromatic N) is 5. The van der Waals surface area contributed by atoms with Crippen molar-refractivity contribution in [1.82, 2.24) is 14.3 Å². The standard InChI is InChI=1S/C22H24F2N6O2S3/c1-28-13-19-29(14-35(28,31)32)27-21(33-19)30-22(10-5-11-25,15-6-3-2-4-7-15)34-20(26-30)17-12-16(23)8-9-18(17)24/h2-4,6-9,12,19H,5,10-11,13-14,25H2,1H3. The molecule has 1 saturated heterocycles. The van der Waals surface area contributed by atoms with Crippen molar-refractivity contribution in [1.29, 1.82) is 0 Å².